The van der Waals surface area contributed by atoms with Crippen LogP contribution in [-0.4, -0.2) is 83.6 Å². The van der Waals surface area contributed by atoms with E-state index in [4.69, 9.17) is 15.9 Å². The molecule has 176 valence electrons. The summed E-state index contributed by atoms with van der Waals surface area (Å²) in [7, 11) is 0. The van der Waals surface area contributed by atoms with E-state index in [1.807, 2.05) is 0 Å². The van der Waals surface area contributed by atoms with Gasteiger partial charge < -0.3 is 31.6 Å². The topological polar surface area (TPSA) is 213 Å². The van der Waals surface area contributed by atoms with Gasteiger partial charge in [-0.25, -0.2) is 14.8 Å². The van der Waals surface area contributed by atoms with Crippen molar-refractivity contribution >= 4 is 82.6 Å². The molecule has 1 amide bonds. The second-order valence-corrected chi connectivity index (χ2v) is 6.71. The van der Waals surface area contributed by atoms with Crippen molar-refractivity contribution in [3.05, 3.63) is 52.1 Å². The number of aliphatic carboxylic acids is 2. The predicted molar refractivity (Wildman–Crippen MR) is 126 cm³/mol. The summed E-state index contributed by atoms with van der Waals surface area (Å²) in [5.74, 6) is -3.16. The number of hydrogen-bond acceptors (Lipinski definition) is 9. The molecule has 0 aliphatic heterocycles. The third-order valence-corrected chi connectivity index (χ3v) is 4.36. The minimum atomic E-state index is -1.31. The first-order chi connectivity index (χ1) is 15.2. The van der Waals surface area contributed by atoms with Gasteiger partial charge in [0.25, 0.3) is 5.91 Å². The summed E-state index contributed by atoms with van der Waals surface area (Å²) in [6.45, 7) is 0.231. The Morgan fingerprint density at radius 3 is 2.41 bits per heavy atom. The molecule has 2 heterocycles. The van der Waals surface area contributed by atoms with Gasteiger partial charge >= 0.3 is 47.1 Å². The van der Waals surface area contributed by atoms with E-state index < -0.39 is 29.4 Å². The third-order valence-electron chi connectivity index (χ3n) is 4.36. The number of carbonyl (C=O) groups is 3. The monoisotopic (exact) mass is 501 g/mol. The van der Waals surface area contributed by atoms with Crippen molar-refractivity contribution in [2.24, 2.45) is 0 Å². The number of amides is 1. The first-order valence-electron chi connectivity index (χ1n) is 9.33. The molecule has 0 fully saturated rings. The SMILES string of the molecule is Cl.Nc1nc(=O)c2nc(CNc3ccc(C(=O)N[C@@H](CCC(=O)O)C(=O)O)cc3)cnc2[nH]1.[NaH]. The standard InChI is InChI=1S/C19H19N7O6.ClH.Na.H/c20-19-25-15-14(17(30)26-19)23-11(8-22-15)7-21-10-3-1-9(2-4-10)16(29)24-12(18(31)32)5-6-13(27)28;;;/h1-4,8,12,21H,5-7H2,(H,24,29)(H,27,28)(H,31,32)(H3,20,22,25,26,30);1H;;/t12-;;;/m0.../s1. The molecule has 0 unspecified atom stereocenters. The zero-order valence-electron chi connectivity index (χ0n) is 16.9. The first-order valence-corrected chi connectivity index (χ1v) is 9.33. The van der Waals surface area contributed by atoms with Crippen molar-refractivity contribution in [2.75, 3.05) is 11.1 Å². The van der Waals surface area contributed by atoms with Gasteiger partial charge in [0, 0.05) is 17.7 Å². The van der Waals surface area contributed by atoms with Crippen molar-refractivity contribution < 1.29 is 24.6 Å². The van der Waals surface area contributed by atoms with Crippen LogP contribution in [0.25, 0.3) is 11.2 Å². The molecule has 13 nitrogen and oxygen atoms in total. The molecule has 0 bridgehead atoms. The number of rotatable bonds is 9. The van der Waals surface area contributed by atoms with Crippen molar-refractivity contribution in [2.45, 2.75) is 25.4 Å². The minimum absolute atomic E-state index is 0. The van der Waals surface area contributed by atoms with Gasteiger partial charge in [-0.2, -0.15) is 4.98 Å². The van der Waals surface area contributed by atoms with Gasteiger partial charge in [0.05, 0.1) is 18.4 Å². The fraction of sp³-hybridized carbons (Fsp3) is 0.211. The molecule has 1 aromatic carbocycles. The molecule has 0 spiro atoms. The average molecular weight is 502 g/mol. The Morgan fingerprint density at radius 1 is 1.12 bits per heavy atom. The molecular weight excluding hydrogens is 481 g/mol. The van der Waals surface area contributed by atoms with Crippen LogP contribution >= 0.6 is 12.4 Å². The van der Waals surface area contributed by atoms with Gasteiger partial charge in [-0.05, 0) is 30.7 Å². The summed E-state index contributed by atoms with van der Waals surface area (Å²) in [5.41, 5.74) is 6.47. The van der Waals surface area contributed by atoms with E-state index in [0.717, 1.165) is 0 Å². The summed E-state index contributed by atoms with van der Waals surface area (Å²) in [6, 6.07) is 4.86. The van der Waals surface area contributed by atoms with E-state index >= 15 is 0 Å². The molecule has 2 aromatic heterocycles. The molecule has 0 aliphatic rings. The summed E-state index contributed by atoms with van der Waals surface area (Å²) in [6.07, 6.45) is 0.858. The summed E-state index contributed by atoms with van der Waals surface area (Å²) in [4.78, 5) is 60.5. The number of nitrogen functional groups attached to an aromatic ring is 1. The maximum absolute atomic E-state index is 12.3. The number of fused-ring (bicyclic) bond motifs is 1. The fourth-order valence-corrected chi connectivity index (χ4v) is 2.76. The number of H-pyrrole nitrogens is 1. The van der Waals surface area contributed by atoms with Gasteiger partial charge in [-0.1, -0.05) is 0 Å². The second-order valence-electron chi connectivity index (χ2n) is 6.71. The molecule has 3 aromatic rings. The summed E-state index contributed by atoms with van der Waals surface area (Å²) < 4.78 is 0. The van der Waals surface area contributed by atoms with Gasteiger partial charge in [0.2, 0.25) is 5.95 Å². The zero-order valence-corrected chi connectivity index (χ0v) is 17.8. The Hall–Kier alpha value is -3.26. The molecular formula is C19H21ClN7NaO6. The number of nitrogens with two attached hydrogens (primary N) is 1. The maximum atomic E-state index is 12.3. The Bertz CT molecular complexity index is 1240. The molecule has 7 N–H and O–H groups in total. The number of benzene rings is 1. The van der Waals surface area contributed by atoms with E-state index in [1.165, 1.54) is 18.3 Å². The summed E-state index contributed by atoms with van der Waals surface area (Å²) >= 11 is 0. The van der Waals surface area contributed by atoms with Crippen LogP contribution in [0.5, 0.6) is 0 Å². The first kappa shape index (κ1) is 28.8. The molecule has 0 saturated heterocycles. The number of anilines is 2. The van der Waals surface area contributed by atoms with Crippen molar-refractivity contribution in [3.8, 4) is 0 Å². The fourth-order valence-electron chi connectivity index (χ4n) is 2.76. The van der Waals surface area contributed by atoms with Crippen LogP contribution in [0.4, 0.5) is 11.6 Å². The molecule has 3 rings (SSSR count). The van der Waals surface area contributed by atoms with E-state index in [-0.39, 0.29) is 84.0 Å². The number of nitrogens with one attached hydrogen (secondary N) is 3. The van der Waals surface area contributed by atoms with Crippen molar-refractivity contribution in [1.82, 2.24) is 25.3 Å². The number of halogens is 1. The van der Waals surface area contributed by atoms with E-state index in [2.05, 4.69) is 30.6 Å². The van der Waals surface area contributed by atoms with Gasteiger partial charge in [0.1, 0.15) is 6.04 Å². The van der Waals surface area contributed by atoms with Gasteiger partial charge in [-0.3, -0.25) is 14.4 Å². The Kier molecular flexibility index (Phi) is 10.9. The molecule has 34 heavy (non-hydrogen) atoms. The third kappa shape index (κ3) is 7.66. The number of nitrogens with zero attached hydrogens (tertiary/aromatic N) is 3. The number of aromatic amines is 1. The predicted octanol–water partition coefficient (Wildman–Crippen LogP) is -0.271. The van der Waals surface area contributed by atoms with E-state index in [0.29, 0.717) is 11.4 Å². The van der Waals surface area contributed by atoms with Crippen LogP contribution in [0, 0.1) is 0 Å². The van der Waals surface area contributed by atoms with Crippen LogP contribution in [0.15, 0.2) is 35.3 Å². The van der Waals surface area contributed by atoms with Gasteiger partial charge in [0.15, 0.2) is 11.2 Å². The van der Waals surface area contributed by atoms with Crippen LogP contribution in [-0.2, 0) is 16.1 Å². The Balaban J connectivity index is 0.00000289. The number of carboxylic acids is 2. The van der Waals surface area contributed by atoms with Crippen molar-refractivity contribution in [3.63, 3.8) is 0 Å². The number of carbonyl (C=O) groups excluding carboxylic acids is 1. The Morgan fingerprint density at radius 2 is 1.79 bits per heavy atom. The number of carboxylic acid groups (broad SMARTS) is 2. The Labute approximate surface area is 220 Å². The quantitative estimate of drug-likeness (QED) is 0.210. The second kappa shape index (κ2) is 12.8. The average Bonchev–Trinajstić information content (AvgIpc) is 2.75. The van der Waals surface area contributed by atoms with Gasteiger partial charge in [-0.15, -0.1) is 12.4 Å². The van der Waals surface area contributed by atoms with E-state index in [1.54, 1.807) is 12.1 Å². The number of aromatic nitrogens is 4. The van der Waals surface area contributed by atoms with Crippen LogP contribution < -0.4 is 21.9 Å². The van der Waals surface area contributed by atoms with Crippen LogP contribution in [0.3, 0.4) is 0 Å². The molecule has 0 radical (unpaired) electrons. The molecule has 0 saturated carbocycles. The van der Waals surface area contributed by atoms with E-state index in [9.17, 15) is 19.2 Å². The summed E-state index contributed by atoms with van der Waals surface area (Å²) in [5, 5.41) is 23.2. The molecule has 15 heteroatoms. The molecule has 0 aliphatic carbocycles. The molecule has 1 atom stereocenters. The normalized spacial score (nSPS) is 10.9. The van der Waals surface area contributed by atoms with Crippen molar-refractivity contribution in [1.29, 1.82) is 0 Å². The zero-order chi connectivity index (χ0) is 23.3. The van der Waals surface area contributed by atoms with Crippen LogP contribution in [0.1, 0.15) is 28.9 Å². The number of hydrogen-bond donors (Lipinski definition) is 6. The van der Waals surface area contributed by atoms with Crippen LogP contribution in [0.2, 0.25) is 0 Å².